The van der Waals surface area contributed by atoms with E-state index in [4.69, 9.17) is 16.7 Å². The summed E-state index contributed by atoms with van der Waals surface area (Å²) in [7, 11) is 0. The molecule has 0 spiro atoms. The van der Waals surface area contributed by atoms with Crippen molar-refractivity contribution in [3.8, 4) is 0 Å². The zero-order valence-electron chi connectivity index (χ0n) is 11.3. The molecule has 2 N–H and O–H groups in total. The van der Waals surface area contributed by atoms with Crippen LogP contribution >= 0.6 is 11.6 Å². The van der Waals surface area contributed by atoms with E-state index < -0.39 is 11.5 Å². The van der Waals surface area contributed by atoms with Gasteiger partial charge in [0.05, 0.1) is 0 Å². The van der Waals surface area contributed by atoms with E-state index in [2.05, 4.69) is 5.32 Å². The predicted molar refractivity (Wildman–Crippen MR) is 74.6 cm³/mol. The number of halogens is 1. The van der Waals surface area contributed by atoms with Crippen LogP contribution in [0, 0.1) is 6.92 Å². The highest BCUT2D eigenvalue weighted by Crippen LogP contribution is 2.17. The Morgan fingerprint density at radius 2 is 1.95 bits per heavy atom. The van der Waals surface area contributed by atoms with Gasteiger partial charge in [0, 0.05) is 22.5 Å². The Hall–Kier alpha value is -1.55. The number of carbonyl (C=O) groups is 2. The maximum Gasteiger partial charge on any atom is 0.303 e. The van der Waals surface area contributed by atoms with Crippen molar-refractivity contribution in [2.45, 2.75) is 39.2 Å². The van der Waals surface area contributed by atoms with Gasteiger partial charge in [-0.25, -0.2) is 0 Å². The number of amides is 1. The second-order valence-corrected chi connectivity index (χ2v) is 5.69. The zero-order valence-corrected chi connectivity index (χ0v) is 12.0. The fourth-order valence-electron chi connectivity index (χ4n) is 1.73. The average molecular weight is 284 g/mol. The van der Waals surface area contributed by atoms with E-state index in [0.29, 0.717) is 17.0 Å². The molecule has 0 saturated carbocycles. The smallest absolute Gasteiger partial charge is 0.303 e. The predicted octanol–water partition coefficient (Wildman–Crippen LogP) is 3.02. The zero-order chi connectivity index (χ0) is 14.6. The van der Waals surface area contributed by atoms with Crippen LogP contribution in [0.1, 0.15) is 42.6 Å². The van der Waals surface area contributed by atoms with Crippen LogP contribution in [0.25, 0.3) is 0 Å². The summed E-state index contributed by atoms with van der Waals surface area (Å²) in [6, 6.07) is 5.11. The van der Waals surface area contributed by atoms with Crippen LogP contribution in [0.2, 0.25) is 5.02 Å². The van der Waals surface area contributed by atoms with Gasteiger partial charge < -0.3 is 10.4 Å². The molecule has 0 aliphatic heterocycles. The van der Waals surface area contributed by atoms with E-state index in [1.807, 2.05) is 6.92 Å². The number of carboxylic acid groups (broad SMARTS) is 1. The molecule has 104 valence electrons. The van der Waals surface area contributed by atoms with E-state index in [0.717, 1.165) is 5.56 Å². The van der Waals surface area contributed by atoms with Crippen LogP contribution < -0.4 is 5.32 Å². The van der Waals surface area contributed by atoms with Gasteiger partial charge in [-0.15, -0.1) is 0 Å². The largest absolute Gasteiger partial charge is 0.481 e. The Kier molecular flexibility index (Phi) is 4.95. The Morgan fingerprint density at radius 3 is 2.47 bits per heavy atom. The topological polar surface area (TPSA) is 66.4 Å². The quantitative estimate of drug-likeness (QED) is 0.873. The van der Waals surface area contributed by atoms with Crippen LogP contribution in [0.5, 0.6) is 0 Å². The summed E-state index contributed by atoms with van der Waals surface area (Å²) in [5, 5.41) is 12.0. The molecule has 5 heteroatoms. The molecule has 0 heterocycles. The lowest BCUT2D eigenvalue weighted by molar-refractivity contribution is -0.137. The standard InChI is InChI=1S/C14H18ClNO3/c1-9-6-10(8-11(15)7-9)13(19)16-14(2,3)5-4-12(17)18/h6-8H,4-5H2,1-3H3,(H,16,19)(H,17,18). The molecule has 0 bridgehead atoms. The minimum atomic E-state index is -0.874. The van der Waals surface area contributed by atoms with Crippen LogP contribution in [-0.4, -0.2) is 22.5 Å². The third-order valence-corrected chi connectivity index (χ3v) is 2.94. The number of rotatable bonds is 5. The Bertz CT molecular complexity index is 477. The van der Waals surface area contributed by atoms with Gasteiger partial charge in [0.2, 0.25) is 0 Å². The van der Waals surface area contributed by atoms with Crippen LogP contribution in [0.3, 0.4) is 0 Å². The first kappa shape index (κ1) is 15.5. The number of carbonyl (C=O) groups excluding carboxylic acids is 1. The van der Waals surface area contributed by atoms with Crippen molar-refractivity contribution in [2.75, 3.05) is 0 Å². The molecule has 1 aromatic carbocycles. The number of nitrogens with one attached hydrogen (secondary N) is 1. The number of carboxylic acids is 1. The number of hydrogen-bond acceptors (Lipinski definition) is 2. The average Bonchev–Trinajstić information content (AvgIpc) is 2.24. The Labute approximate surface area is 117 Å². The molecule has 0 fully saturated rings. The van der Waals surface area contributed by atoms with Crippen molar-refractivity contribution in [3.05, 3.63) is 34.3 Å². The molecule has 1 aromatic rings. The lowest BCUT2D eigenvalue weighted by Crippen LogP contribution is -2.43. The molecular formula is C14H18ClNO3. The number of aliphatic carboxylic acids is 1. The summed E-state index contributed by atoms with van der Waals surface area (Å²) < 4.78 is 0. The normalized spacial score (nSPS) is 11.2. The first-order valence-electron chi connectivity index (χ1n) is 6.01. The van der Waals surface area contributed by atoms with E-state index in [-0.39, 0.29) is 12.3 Å². The van der Waals surface area contributed by atoms with Gasteiger partial charge in [-0.3, -0.25) is 9.59 Å². The molecule has 1 amide bonds. The molecule has 0 unspecified atom stereocenters. The lowest BCUT2D eigenvalue weighted by atomic mass is 9.97. The monoisotopic (exact) mass is 283 g/mol. The van der Waals surface area contributed by atoms with Crippen molar-refractivity contribution in [2.24, 2.45) is 0 Å². The fourth-order valence-corrected chi connectivity index (χ4v) is 2.02. The Balaban J connectivity index is 2.75. The maximum absolute atomic E-state index is 12.1. The van der Waals surface area contributed by atoms with Crippen LogP contribution in [-0.2, 0) is 4.79 Å². The van der Waals surface area contributed by atoms with Gasteiger partial charge in [0.1, 0.15) is 0 Å². The molecule has 0 aliphatic carbocycles. The Morgan fingerprint density at radius 1 is 1.32 bits per heavy atom. The summed E-state index contributed by atoms with van der Waals surface area (Å²) in [6.07, 6.45) is 0.384. The van der Waals surface area contributed by atoms with Crippen LogP contribution in [0.15, 0.2) is 18.2 Å². The number of benzene rings is 1. The van der Waals surface area contributed by atoms with Crippen molar-refractivity contribution < 1.29 is 14.7 Å². The molecule has 1 rings (SSSR count). The van der Waals surface area contributed by atoms with Crippen molar-refractivity contribution in [1.29, 1.82) is 0 Å². The minimum absolute atomic E-state index is 0.0157. The molecule has 4 nitrogen and oxygen atoms in total. The first-order valence-corrected chi connectivity index (χ1v) is 6.39. The van der Waals surface area contributed by atoms with E-state index in [1.165, 1.54) is 0 Å². The summed E-state index contributed by atoms with van der Waals surface area (Å²) in [4.78, 5) is 22.7. The summed E-state index contributed by atoms with van der Waals surface area (Å²) >= 11 is 5.91. The summed E-state index contributed by atoms with van der Waals surface area (Å²) in [5.74, 6) is -1.12. The number of hydrogen-bond donors (Lipinski definition) is 2. The SMILES string of the molecule is Cc1cc(Cl)cc(C(=O)NC(C)(C)CCC(=O)O)c1. The van der Waals surface area contributed by atoms with Crippen LogP contribution in [0.4, 0.5) is 0 Å². The molecule has 0 saturated heterocycles. The minimum Gasteiger partial charge on any atom is -0.481 e. The summed E-state index contributed by atoms with van der Waals surface area (Å²) in [5.41, 5.74) is 0.806. The maximum atomic E-state index is 12.1. The highest BCUT2D eigenvalue weighted by molar-refractivity contribution is 6.31. The van der Waals surface area contributed by atoms with Gasteiger partial charge in [-0.1, -0.05) is 11.6 Å². The molecule has 19 heavy (non-hydrogen) atoms. The summed E-state index contributed by atoms with van der Waals surface area (Å²) in [6.45, 7) is 5.45. The second-order valence-electron chi connectivity index (χ2n) is 5.25. The van der Waals surface area contributed by atoms with Gasteiger partial charge in [-0.2, -0.15) is 0 Å². The lowest BCUT2D eigenvalue weighted by Gasteiger charge is -2.25. The number of aryl methyl sites for hydroxylation is 1. The second kappa shape index (κ2) is 6.06. The third-order valence-electron chi connectivity index (χ3n) is 2.72. The van der Waals surface area contributed by atoms with E-state index in [9.17, 15) is 9.59 Å². The van der Waals surface area contributed by atoms with Gasteiger partial charge in [0.25, 0.3) is 5.91 Å². The highest BCUT2D eigenvalue weighted by atomic mass is 35.5. The molecule has 0 atom stereocenters. The van der Waals surface area contributed by atoms with Gasteiger partial charge >= 0.3 is 5.97 Å². The van der Waals surface area contributed by atoms with Gasteiger partial charge in [-0.05, 0) is 51.0 Å². The van der Waals surface area contributed by atoms with E-state index in [1.54, 1.807) is 32.0 Å². The molecule has 0 radical (unpaired) electrons. The molecule has 0 aromatic heterocycles. The van der Waals surface area contributed by atoms with E-state index >= 15 is 0 Å². The third kappa shape index (κ3) is 5.30. The molecular weight excluding hydrogens is 266 g/mol. The van der Waals surface area contributed by atoms with Gasteiger partial charge in [0.15, 0.2) is 0 Å². The van der Waals surface area contributed by atoms with Crippen molar-refractivity contribution in [3.63, 3.8) is 0 Å². The van der Waals surface area contributed by atoms with Crippen molar-refractivity contribution >= 4 is 23.5 Å². The first-order chi connectivity index (χ1) is 8.69. The highest BCUT2D eigenvalue weighted by Gasteiger charge is 2.22. The van der Waals surface area contributed by atoms with Crippen molar-refractivity contribution in [1.82, 2.24) is 5.32 Å². The molecule has 0 aliphatic rings. The fraction of sp³-hybridized carbons (Fsp3) is 0.429.